The van der Waals surface area contributed by atoms with Crippen molar-refractivity contribution in [3.05, 3.63) is 56.8 Å². The number of fused-ring (bicyclic) bond motifs is 5. The lowest BCUT2D eigenvalue weighted by atomic mass is 9.76. The molecule has 2 aliphatic rings. The second-order valence-electron chi connectivity index (χ2n) is 9.00. The molecule has 1 aromatic carbocycles. The van der Waals surface area contributed by atoms with E-state index in [1.54, 1.807) is 0 Å². The van der Waals surface area contributed by atoms with E-state index in [4.69, 9.17) is 4.74 Å². The summed E-state index contributed by atoms with van der Waals surface area (Å²) in [6.45, 7) is 7.08. The van der Waals surface area contributed by atoms with Crippen LogP contribution >= 0.6 is 11.5 Å². The monoisotopic (exact) mass is 422 g/mol. The smallest absolute Gasteiger partial charge is 0.341 e. The molecule has 0 amide bonds. The maximum absolute atomic E-state index is 12.6. The first-order chi connectivity index (χ1) is 14.3. The number of aromatic nitrogens is 2. The van der Waals surface area contributed by atoms with E-state index in [1.165, 1.54) is 34.9 Å². The Bertz CT molecular complexity index is 1240. The topological polar surface area (TPSA) is 81.4 Å². The SMILES string of the molecule is CC(C)(C)[C@@H]1Cc2c(cc(-c3cnsc3)c3c2CCO3)-c2cc(=O)c(C(=O)O)cn21. The summed E-state index contributed by atoms with van der Waals surface area (Å²) in [6, 6.07) is 3.59. The summed E-state index contributed by atoms with van der Waals surface area (Å²) in [6.07, 6.45) is 4.95. The van der Waals surface area contributed by atoms with E-state index in [0.717, 1.165) is 41.0 Å². The van der Waals surface area contributed by atoms with E-state index in [-0.39, 0.29) is 17.0 Å². The standard InChI is InChI=1S/C23H22N2O4S/c1-23(2,3)20-7-15-13-4-5-29-21(13)14(12-9-24-30-11-12)6-16(15)18-8-19(26)17(22(27)28)10-25(18)20/h6,8-11,20H,4-5,7H2,1-3H3,(H,27,28)/t20-/m0/s1. The van der Waals surface area contributed by atoms with Crippen LogP contribution in [0.25, 0.3) is 22.4 Å². The van der Waals surface area contributed by atoms with Crippen LogP contribution in [0.5, 0.6) is 5.75 Å². The summed E-state index contributed by atoms with van der Waals surface area (Å²) in [5, 5.41) is 11.5. The van der Waals surface area contributed by atoms with Crippen molar-refractivity contribution in [3.8, 4) is 28.1 Å². The van der Waals surface area contributed by atoms with Crippen LogP contribution in [0.4, 0.5) is 0 Å². The molecule has 0 saturated heterocycles. The van der Waals surface area contributed by atoms with Crippen LogP contribution in [0.1, 0.15) is 48.3 Å². The molecule has 0 aliphatic carbocycles. The van der Waals surface area contributed by atoms with Crippen molar-refractivity contribution < 1.29 is 14.6 Å². The molecule has 3 aromatic rings. The van der Waals surface area contributed by atoms with Crippen molar-refractivity contribution in [3.63, 3.8) is 0 Å². The molecule has 2 aromatic heterocycles. The van der Waals surface area contributed by atoms with Crippen molar-refractivity contribution in [2.24, 2.45) is 5.41 Å². The zero-order valence-electron chi connectivity index (χ0n) is 17.1. The van der Waals surface area contributed by atoms with E-state index in [2.05, 4.69) is 31.2 Å². The molecule has 0 fully saturated rings. The van der Waals surface area contributed by atoms with Gasteiger partial charge in [-0.3, -0.25) is 4.79 Å². The highest BCUT2D eigenvalue weighted by Crippen LogP contribution is 2.49. The van der Waals surface area contributed by atoms with Gasteiger partial charge in [-0.15, -0.1) is 0 Å². The molecule has 0 bridgehead atoms. The molecule has 1 N–H and O–H groups in total. The van der Waals surface area contributed by atoms with Gasteiger partial charge < -0.3 is 14.4 Å². The Hall–Kier alpha value is -2.93. The summed E-state index contributed by atoms with van der Waals surface area (Å²) in [7, 11) is 0. The molecule has 0 radical (unpaired) electrons. The van der Waals surface area contributed by atoms with Gasteiger partial charge in [-0.25, -0.2) is 9.17 Å². The molecule has 6 nitrogen and oxygen atoms in total. The van der Waals surface area contributed by atoms with Crippen molar-refractivity contribution in [1.29, 1.82) is 0 Å². The number of pyridine rings is 1. The molecular formula is C23H22N2O4S. The highest BCUT2D eigenvalue weighted by molar-refractivity contribution is 7.03. The van der Waals surface area contributed by atoms with Crippen LogP contribution in [0.15, 0.2) is 34.7 Å². The van der Waals surface area contributed by atoms with Gasteiger partial charge in [0.05, 0.1) is 12.3 Å². The van der Waals surface area contributed by atoms with E-state index >= 15 is 0 Å². The van der Waals surface area contributed by atoms with Crippen LogP contribution in [0.2, 0.25) is 0 Å². The summed E-state index contributed by atoms with van der Waals surface area (Å²) in [5.74, 6) is -0.277. The third-order valence-electron chi connectivity index (χ3n) is 6.16. The minimum atomic E-state index is -1.19. The third kappa shape index (κ3) is 2.80. The maximum atomic E-state index is 12.6. The Morgan fingerprint density at radius 3 is 2.73 bits per heavy atom. The first-order valence-corrected chi connectivity index (χ1v) is 10.8. The molecule has 2 aliphatic heterocycles. The molecule has 5 rings (SSSR count). The van der Waals surface area contributed by atoms with Crippen LogP contribution < -0.4 is 10.2 Å². The van der Waals surface area contributed by atoms with Gasteiger partial charge in [0.2, 0.25) is 0 Å². The number of hydrogen-bond acceptors (Lipinski definition) is 5. The van der Waals surface area contributed by atoms with Crippen LogP contribution in [-0.4, -0.2) is 26.6 Å². The van der Waals surface area contributed by atoms with Gasteiger partial charge in [0, 0.05) is 58.6 Å². The Balaban J connectivity index is 1.84. The van der Waals surface area contributed by atoms with Gasteiger partial charge in [0.1, 0.15) is 11.3 Å². The fraction of sp³-hybridized carbons (Fsp3) is 0.348. The Morgan fingerprint density at radius 2 is 2.07 bits per heavy atom. The highest BCUT2D eigenvalue weighted by atomic mass is 32.1. The molecule has 1 atom stereocenters. The number of aromatic carboxylic acids is 1. The maximum Gasteiger partial charge on any atom is 0.341 e. The van der Waals surface area contributed by atoms with Gasteiger partial charge >= 0.3 is 5.97 Å². The predicted octanol–water partition coefficient (Wildman–Crippen LogP) is 4.42. The van der Waals surface area contributed by atoms with Gasteiger partial charge in [0.25, 0.3) is 0 Å². The Labute approximate surface area is 177 Å². The van der Waals surface area contributed by atoms with Crippen LogP contribution in [0.3, 0.4) is 0 Å². The number of nitrogens with zero attached hydrogens (tertiary/aromatic N) is 2. The van der Waals surface area contributed by atoms with Gasteiger partial charge in [-0.05, 0) is 35.0 Å². The fourth-order valence-corrected chi connectivity index (χ4v) is 5.19. The summed E-state index contributed by atoms with van der Waals surface area (Å²) >= 11 is 1.39. The second-order valence-corrected chi connectivity index (χ2v) is 9.66. The number of rotatable bonds is 2. The average Bonchev–Trinajstić information content (AvgIpc) is 3.37. The van der Waals surface area contributed by atoms with E-state index in [9.17, 15) is 14.7 Å². The molecule has 4 heterocycles. The van der Waals surface area contributed by atoms with Crippen molar-refractivity contribution in [2.45, 2.75) is 39.7 Å². The van der Waals surface area contributed by atoms with Crippen molar-refractivity contribution in [1.82, 2.24) is 8.94 Å². The fourth-order valence-electron chi connectivity index (χ4n) is 4.66. The van der Waals surface area contributed by atoms with Gasteiger partial charge in [0.15, 0.2) is 5.43 Å². The molecule has 7 heteroatoms. The Kier molecular flexibility index (Phi) is 4.15. The second kappa shape index (κ2) is 6.54. The number of ether oxygens (including phenoxy) is 1. The van der Waals surface area contributed by atoms with Crippen molar-refractivity contribution >= 4 is 17.5 Å². The number of carboxylic acid groups (broad SMARTS) is 1. The van der Waals surface area contributed by atoms with Gasteiger partial charge in [-0.1, -0.05) is 20.8 Å². The predicted molar refractivity (Wildman–Crippen MR) is 116 cm³/mol. The first-order valence-electron chi connectivity index (χ1n) is 9.97. The molecule has 30 heavy (non-hydrogen) atoms. The quantitative estimate of drug-likeness (QED) is 0.661. The molecule has 154 valence electrons. The van der Waals surface area contributed by atoms with Crippen molar-refractivity contribution in [2.75, 3.05) is 6.61 Å². The Morgan fingerprint density at radius 1 is 1.27 bits per heavy atom. The molecule has 0 spiro atoms. The summed E-state index contributed by atoms with van der Waals surface area (Å²) in [4.78, 5) is 24.3. The van der Waals surface area contributed by atoms with Crippen LogP contribution in [0, 0.1) is 5.41 Å². The number of benzene rings is 1. The average molecular weight is 423 g/mol. The summed E-state index contributed by atoms with van der Waals surface area (Å²) < 4.78 is 12.3. The molecular weight excluding hydrogens is 400 g/mol. The lowest BCUT2D eigenvalue weighted by molar-refractivity contribution is 0.0693. The zero-order chi connectivity index (χ0) is 21.2. The first kappa shape index (κ1) is 19.1. The van der Waals surface area contributed by atoms with E-state index in [0.29, 0.717) is 6.61 Å². The number of carboxylic acids is 1. The normalized spacial score (nSPS) is 17.1. The number of hydrogen-bond donors (Lipinski definition) is 1. The minimum absolute atomic E-state index is 0.0251. The number of carbonyl (C=O) groups is 1. The zero-order valence-corrected chi connectivity index (χ0v) is 17.9. The third-order valence-corrected chi connectivity index (χ3v) is 6.74. The summed E-state index contributed by atoms with van der Waals surface area (Å²) in [5.41, 5.74) is 5.34. The molecule has 0 unspecified atom stereocenters. The largest absolute Gasteiger partial charge is 0.492 e. The van der Waals surface area contributed by atoms with Gasteiger partial charge in [-0.2, -0.15) is 0 Å². The van der Waals surface area contributed by atoms with Crippen LogP contribution in [-0.2, 0) is 12.8 Å². The lowest BCUT2D eigenvalue weighted by Gasteiger charge is -2.39. The minimum Gasteiger partial charge on any atom is -0.492 e. The van der Waals surface area contributed by atoms with E-state index < -0.39 is 11.4 Å². The highest BCUT2D eigenvalue weighted by Gasteiger charge is 2.37. The molecule has 0 saturated carbocycles. The lowest BCUT2D eigenvalue weighted by Crippen LogP contribution is -2.33. The van der Waals surface area contributed by atoms with E-state index in [1.807, 2.05) is 16.1 Å².